The first kappa shape index (κ1) is 11.9. The van der Waals surface area contributed by atoms with Crippen molar-refractivity contribution in [2.75, 3.05) is 26.3 Å². The number of allylic oxidation sites excluding steroid dienone is 3. The van der Waals surface area contributed by atoms with Gasteiger partial charge < -0.3 is 9.64 Å². The van der Waals surface area contributed by atoms with Crippen molar-refractivity contribution in [2.45, 2.75) is 13.3 Å². The summed E-state index contributed by atoms with van der Waals surface area (Å²) in [7, 11) is 0. The highest BCUT2D eigenvalue weighted by Gasteiger charge is 2.26. The van der Waals surface area contributed by atoms with E-state index in [1.807, 2.05) is 24.0 Å². The van der Waals surface area contributed by atoms with Gasteiger partial charge in [-0.1, -0.05) is 11.6 Å². The van der Waals surface area contributed by atoms with Crippen LogP contribution in [0.25, 0.3) is 0 Å². The predicted octanol–water partition coefficient (Wildman–Crippen LogP) is 1.26. The molecule has 1 aliphatic heterocycles. The van der Waals surface area contributed by atoms with Crippen LogP contribution in [0.2, 0.25) is 0 Å². The van der Waals surface area contributed by atoms with E-state index in [1.54, 1.807) is 0 Å². The van der Waals surface area contributed by atoms with Gasteiger partial charge in [0, 0.05) is 18.7 Å². The van der Waals surface area contributed by atoms with E-state index in [1.165, 1.54) is 0 Å². The summed E-state index contributed by atoms with van der Waals surface area (Å²) in [6.45, 7) is 4.47. The van der Waals surface area contributed by atoms with E-state index in [9.17, 15) is 4.79 Å². The number of nitrogens with zero attached hydrogens (tertiary/aromatic N) is 2. The van der Waals surface area contributed by atoms with Crippen molar-refractivity contribution in [2.24, 2.45) is 5.92 Å². The summed E-state index contributed by atoms with van der Waals surface area (Å²) < 4.78 is 5.23. The Morgan fingerprint density at radius 2 is 2.24 bits per heavy atom. The molecule has 90 valence electrons. The monoisotopic (exact) mass is 232 g/mol. The average Bonchev–Trinajstić information content (AvgIpc) is 2.38. The minimum atomic E-state index is -0.173. The van der Waals surface area contributed by atoms with Gasteiger partial charge in [0.25, 0.3) is 0 Å². The molecule has 0 spiro atoms. The minimum absolute atomic E-state index is 0.119. The van der Waals surface area contributed by atoms with Crippen LogP contribution in [0.4, 0.5) is 0 Å². The zero-order valence-electron chi connectivity index (χ0n) is 9.98. The van der Waals surface area contributed by atoms with Crippen molar-refractivity contribution in [3.63, 3.8) is 0 Å². The second-order valence-electron chi connectivity index (χ2n) is 4.44. The molecule has 17 heavy (non-hydrogen) atoms. The summed E-state index contributed by atoms with van der Waals surface area (Å²) >= 11 is 0. The van der Waals surface area contributed by atoms with Crippen LogP contribution in [-0.4, -0.2) is 37.1 Å². The van der Waals surface area contributed by atoms with Crippen LogP contribution in [0.1, 0.15) is 13.3 Å². The summed E-state index contributed by atoms with van der Waals surface area (Å²) in [6.07, 6.45) is 4.34. The molecule has 1 fully saturated rings. The molecule has 4 heteroatoms. The van der Waals surface area contributed by atoms with Gasteiger partial charge in [0.05, 0.1) is 25.2 Å². The van der Waals surface area contributed by atoms with Crippen LogP contribution in [-0.2, 0) is 9.53 Å². The van der Waals surface area contributed by atoms with E-state index in [-0.39, 0.29) is 11.8 Å². The van der Waals surface area contributed by atoms with Crippen molar-refractivity contribution in [3.05, 3.63) is 23.3 Å². The largest absolute Gasteiger partial charge is 0.378 e. The molecule has 1 heterocycles. The van der Waals surface area contributed by atoms with Crippen LogP contribution in [0.3, 0.4) is 0 Å². The molecule has 1 unspecified atom stereocenters. The van der Waals surface area contributed by atoms with E-state index < -0.39 is 0 Å². The zero-order valence-corrected chi connectivity index (χ0v) is 9.98. The number of rotatable bonds is 1. The van der Waals surface area contributed by atoms with E-state index in [2.05, 4.69) is 6.07 Å². The van der Waals surface area contributed by atoms with Gasteiger partial charge in [-0.2, -0.15) is 5.26 Å². The molecular weight excluding hydrogens is 216 g/mol. The van der Waals surface area contributed by atoms with E-state index in [0.29, 0.717) is 38.3 Å². The van der Waals surface area contributed by atoms with Crippen molar-refractivity contribution in [3.8, 4) is 6.07 Å². The first-order valence-electron chi connectivity index (χ1n) is 5.86. The third kappa shape index (κ3) is 2.75. The molecule has 0 N–H and O–H groups in total. The standard InChI is InChI=1S/C13H16N2O2/c1-10-6-11(9-14)8-12(7-10)13(16)15-2-4-17-5-3-15/h6-7,12H,2-5,8H2,1H3. The van der Waals surface area contributed by atoms with Crippen LogP contribution >= 0.6 is 0 Å². The van der Waals surface area contributed by atoms with E-state index in [4.69, 9.17) is 10.00 Å². The van der Waals surface area contributed by atoms with Gasteiger partial charge in [-0.25, -0.2) is 0 Å². The van der Waals surface area contributed by atoms with Gasteiger partial charge in [-0.3, -0.25) is 4.79 Å². The number of carbonyl (C=O) groups excluding carboxylic acids is 1. The second kappa shape index (κ2) is 5.15. The first-order chi connectivity index (χ1) is 8.20. The number of hydrogen-bond donors (Lipinski definition) is 0. The van der Waals surface area contributed by atoms with Gasteiger partial charge in [0.1, 0.15) is 0 Å². The maximum atomic E-state index is 12.2. The molecule has 0 aromatic rings. The maximum Gasteiger partial charge on any atom is 0.230 e. The fraction of sp³-hybridized carbons (Fsp3) is 0.538. The Morgan fingerprint density at radius 3 is 2.88 bits per heavy atom. The number of nitriles is 1. The molecule has 1 atom stereocenters. The molecule has 0 aromatic carbocycles. The number of hydrogen-bond acceptors (Lipinski definition) is 3. The van der Waals surface area contributed by atoms with Gasteiger partial charge in [0.15, 0.2) is 0 Å². The zero-order chi connectivity index (χ0) is 12.3. The van der Waals surface area contributed by atoms with Crippen molar-refractivity contribution >= 4 is 5.91 Å². The highest BCUT2D eigenvalue weighted by atomic mass is 16.5. The molecule has 2 rings (SSSR count). The number of morpholine rings is 1. The fourth-order valence-corrected chi connectivity index (χ4v) is 2.25. The second-order valence-corrected chi connectivity index (χ2v) is 4.44. The van der Waals surface area contributed by atoms with E-state index in [0.717, 1.165) is 5.57 Å². The van der Waals surface area contributed by atoms with Gasteiger partial charge in [-0.15, -0.1) is 0 Å². The average molecular weight is 232 g/mol. The van der Waals surface area contributed by atoms with Gasteiger partial charge in [0.2, 0.25) is 5.91 Å². The lowest BCUT2D eigenvalue weighted by Gasteiger charge is -2.30. The topological polar surface area (TPSA) is 53.3 Å². The summed E-state index contributed by atoms with van der Waals surface area (Å²) in [4.78, 5) is 14.1. The quantitative estimate of drug-likeness (QED) is 0.684. The number of amides is 1. The maximum absolute atomic E-state index is 12.2. The molecule has 1 amide bonds. The Morgan fingerprint density at radius 1 is 1.53 bits per heavy atom. The normalized spacial score (nSPS) is 24.7. The lowest BCUT2D eigenvalue weighted by atomic mass is 9.90. The molecule has 1 aliphatic carbocycles. The predicted molar refractivity (Wildman–Crippen MR) is 63.0 cm³/mol. The summed E-state index contributed by atoms with van der Waals surface area (Å²) in [5, 5.41) is 8.93. The lowest BCUT2D eigenvalue weighted by molar-refractivity contribution is -0.138. The SMILES string of the molecule is CC1=CC(C(=O)N2CCOCC2)CC(C#N)=C1. The van der Waals surface area contributed by atoms with Crippen LogP contribution in [0.15, 0.2) is 23.3 Å². The number of carbonyl (C=O) groups is 1. The molecular formula is C13H16N2O2. The smallest absolute Gasteiger partial charge is 0.230 e. The Labute approximate surface area is 101 Å². The molecule has 4 nitrogen and oxygen atoms in total. The summed E-state index contributed by atoms with van der Waals surface area (Å²) in [6, 6.07) is 2.15. The highest BCUT2D eigenvalue weighted by molar-refractivity contribution is 5.81. The molecule has 2 aliphatic rings. The van der Waals surface area contributed by atoms with Crippen LogP contribution < -0.4 is 0 Å². The van der Waals surface area contributed by atoms with Gasteiger partial charge >= 0.3 is 0 Å². The molecule has 0 saturated carbocycles. The Balaban J connectivity index is 2.06. The van der Waals surface area contributed by atoms with Gasteiger partial charge in [-0.05, 0) is 19.4 Å². The van der Waals surface area contributed by atoms with Crippen molar-refractivity contribution in [1.29, 1.82) is 5.26 Å². The fourth-order valence-electron chi connectivity index (χ4n) is 2.25. The highest BCUT2D eigenvalue weighted by Crippen LogP contribution is 2.24. The number of ether oxygens (including phenoxy) is 1. The van der Waals surface area contributed by atoms with Crippen LogP contribution in [0.5, 0.6) is 0 Å². The molecule has 0 bridgehead atoms. The van der Waals surface area contributed by atoms with Crippen LogP contribution in [0, 0.1) is 17.2 Å². The minimum Gasteiger partial charge on any atom is -0.378 e. The molecule has 1 saturated heterocycles. The summed E-state index contributed by atoms with van der Waals surface area (Å²) in [5.41, 5.74) is 1.69. The first-order valence-corrected chi connectivity index (χ1v) is 5.86. The Bertz CT molecular complexity index is 412. The summed E-state index contributed by atoms with van der Waals surface area (Å²) in [5.74, 6) is -0.0544. The third-order valence-corrected chi connectivity index (χ3v) is 3.09. The third-order valence-electron chi connectivity index (χ3n) is 3.09. The lowest BCUT2D eigenvalue weighted by Crippen LogP contribution is -2.43. The Hall–Kier alpha value is -1.60. The molecule has 0 aromatic heterocycles. The van der Waals surface area contributed by atoms with Crippen molar-refractivity contribution in [1.82, 2.24) is 4.90 Å². The Kier molecular flexibility index (Phi) is 3.60. The van der Waals surface area contributed by atoms with Crippen molar-refractivity contribution < 1.29 is 9.53 Å². The van der Waals surface area contributed by atoms with E-state index >= 15 is 0 Å². The molecule has 0 radical (unpaired) electrons.